The first-order valence-electron chi connectivity index (χ1n) is 9.22. The number of aryl methyl sites for hydroxylation is 1. The standard InChI is InChI=1S/C20H28ClN3O2/c1-5-24(6-2)13-9-10-14(3)22-20(25)18-15(4)23-26-19(18)16-11-7-8-12-17(16)21/h7-8,11-12,14H,5-6,9-10,13H2,1-4H3,(H,22,25)/t14-/m0/s1. The summed E-state index contributed by atoms with van der Waals surface area (Å²) in [5.74, 6) is 0.245. The van der Waals surface area contributed by atoms with Gasteiger partial charge in [0.1, 0.15) is 5.56 Å². The van der Waals surface area contributed by atoms with Gasteiger partial charge in [0.2, 0.25) is 0 Å². The lowest BCUT2D eigenvalue weighted by molar-refractivity contribution is 0.0937. The monoisotopic (exact) mass is 377 g/mol. The average molecular weight is 378 g/mol. The van der Waals surface area contributed by atoms with Crippen molar-refractivity contribution in [1.82, 2.24) is 15.4 Å². The van der Waals surface area contributed by atoms with Gasteiger partial charge in [0.15, 0.2) is 5.76 Å². The van der Waals surface area contributed by atoms with Gasteiger partial charge in [0.05, 0.1) is 10.7 Å². The highest BCUT2D eigenvalue weighted by molar-refractivity contribution is 6.33. The Hall–Kier alpha value is -1.85. The fourth-order valence-electron chi connectivity index (χ4n) is 3.00. The normalized spacial score (nSPS) is 12.4. The highest BCUT2D eigenvalue weighted by Crippen LogP contribution is 2.31. The Morgan fingerprint density at radius 2 is 2.00 bits per heavy atom. The van der Waals surface area contributed by atoms with Crippen molar-refractivity contribution in [3.63, 3.8) is 0 Å². The van der Waals surface area contributed by atoms with E-state index in [2.05, 4.69) is 29.2 Å². The molecule has 1 amide bonds. The highest BCUT2D eigenvalue weighted by atomic mass is 35.5. The second-order valence-corrected chi connectivity index (χ2v) is 6.90. The molecule has 0 fully saturated rings. The van der Waals surface area contributed by atoms with E-state index in [9.17, 15) is 4.79 Å². The molecular formula is C20H28ClN3O2. The number of nitrogens with one attached hydrogen (secondary N) is 1. The average Bonchev–Trinajstić information content (AvgIpc) is 3.00. The number of benzene rings is 1. The van der Waals surface area contributed by atoms with Crippen LogP contribution in [0.15, 0.2) is 28.8 Å². The van der Waals surface area contributed by atoms with Crippen LogP contribution in [0, 0.1) is 6.92 Å². The molecule has 0 aliphatic carbocycles. The van der Waals surface area contributed by atoms with E-state index in [-0.39, 0.29) is 11.9 Å². The van der Waals surface area contributed by atoms with Crippen LogP contribution in [0.3, 0.4) is 0 Å². The maximum atomic E-state index is 12.8. The summed E-state index contributed by atoms with van der Waals surface area (Å²) in [4.78, 5) is 15.2. The number of nitrogens with zero attached hydrogens (tertiary/aromatic N) is 2. The summed E-state index contributed by atoms with van der Waals surface area (Å²) in [6.45, 7) is 11.3. The third kappa shape index (κ3) is 5.08. The van der Waals surface area contributed by atoms with E-state index >= 15 is 0 Å². The van der Waals surface area contributed by atoms with E-state index in [1.54, 1.807) is 13.0 Å². The molecule has 1 heterocycles. The number of halogens is 1. The fourth-order valence-corrected chi connectivity index (χ4v) is 3.22. The van der Waals surface area contributed by atoms with E-state index in [4.69, 9.17) is 16.1 Å². The van der Waals surface area contributed by atoms with Gasteiger partial charge in [0.25, 0.3) is 5.91 Å². The number of amides is 1. The molecule has 2 aromatic rings. The molecule has 0 radical (unpaired) electrons. The summed E-state index contributed by atoms with van der Waals surface area (Å²) in [6.07, 6.45) is 1.97. The summed E-state index contributed by atoms with van der Waals surface area (Å²) in [6, 6.07) is 7.37. The Bertz CT molecular complexity index is 726. The molecule has 0 saturated carbocycles. The zero-order valence-corrected chi connectivity index (χ0v) is 16.8. The molecule has 1 aromatic carbocycles. The van der Waals surface area contributed by atoms with Crippen molar-refractivity contribution >= 4 is 17.5 Å². The third-order valence-electron chi connectivity index (χ3n) is 4.59. The maximum Gasteiger partial charge on any atom is 0.257 e. The van der Waals surface area contributed by atoms with Gasteiger partial charge >= 0.3 is 0 Å². The summed E-state index contributed by atoms with van der Waals surface area (Å²) < 4.78 is 5.40. The molecule has 1 aromatic heterocycles. The lowest BCUT2D eigenvalue weighted by Crippen LogP contribution is -2.34. The predicted octanol–water partition coefficient (Wildman–Crippen LogP) is 4.54. The van der Waals surface area contributed by atoms with Crippen LogP contribution >= 0.6 is 11.6 Å². The first-order valence-corrected chi connectivity index (χ1v) is 9.60. The zero-order valence-electron chi connectivity index (χ0n) is 16.0. The molecule has 0 aliphatic rings. The zero-order chi connectivity index (χ0) is 19.1. The molecule has 5 nitrogen and oxygen atoms in total. The Labute approximate surface area is 160 Å². The molecule has 0 saturated heterocycles. The van der Waals surface area contributed by atoms with Crippen molar-refractivity contribution in [3.8, 4) is 11.3 Å². The van der Waals surface area contributed by atoms with Crippen molar-refractivity contribution < 1.29 is 9.32 Å². The van der Waals surface area contributed by atoms with Gasteiger partial charge in [-0.05, 0) is 58.5 Å². The van der Waals surface area contributed by atoms with Crippen LogP contribution in [0.5, 0.6) is 0 Å². The molecule has 0 aliphatic heterocycles. The van der Waals surface area contributed by atoms with E-state index in [1.807, 2.05) is 25.1 Å². The predicted molar refractivity (Wildman–Crippen MR) is 106 cm³/mol. The van der Waals surface area contributed by atoms with Gasteiger partial charge in [-0.3, -0.25) is 4.79 Å². The molecule has 0 bridgehead atoms. The van der Waals surface area contributed by atoms with Crippen LogP contribution in [0.2, 0.25) is 5.02 Å². The van der Waals surface area contributed by atoms with E-state index in [0.717, 1.165) is 32.5 Å². The van der Waals surface area contributed by atoms with Gasteiger partial charge in [-0.15, -0.1) is 0 Å². The molecule has 1 atom stereocenters. The number of carbonyl (C=O) groups is 1. The van der Waals surface area contributed by atoms with Crippen molar-refractivity contribution in [3.05, 3.63) is 40.5 Å². The Balaban J connectivity index is 2.04. The molecule has 0 spiro atoms. The number of aromatic nitrogens is 1. The van der Waals surface area contributed by atoms with Crippen LogP contribution in [-0.2, 0) is 0 Å². The lowest BCUT2D eigenvalue weighted by Gasteiger charge is -2.19. The number of hydrogen-bond acceptors (Lipinski definition) is 4. The van der Waals surface area contributed by atoms with Gasteiger partial charge in [-0.2, -0.15) is 0 Å². The Kier molecular flexibility index (Phi) is 7.66. The molecule has 2 rings (SSSR count). The summed E-state index contributed by atoms with van der Waals surface area (Å²) >= 11 is 6.25. The highest BCUT2D eigenvalue weighted by Gasteiger charge is 2.24. The molecule has 0 unspecified atom stereocenters. The second-order valence-electron chi connectivity index (χ2n) is 6.50. The first kappa shape index (κ1) is 20.5. The van der Waals surface area contributed by atoms with E-state index < -0.39 is 0 Å². The van der Waals surface area contributed by atoms with Gasteiger partial charge in [-0.25, -0.2) is 0 Å². The van der Waals surface area contributed by atoms with Crippen LogP contribution in [0.25, 0.3) is 11.3 Å². The minimum atomic E-state index is -0.172. The summed E-state index contributed by atoms with van der Waals surface area (Å²) in [7, 11) is 0. The minimum absolute atomic E-state index is 0.0754. The summed E-state index contributed by atoms with van der Waals surface area (Å²) in [5.41, 5.74) is 1.69. The molecule has 142 valence electrons. The van der Waals surface area contributed by atoms with Crippen LogP contribution < -0.4 is 5.32 Å². The van der Waals surface area contributed by atoms with Gasteiger partial charge in [0, 0.05) is 11.6 Å². The fraction of sp³-hybridized carbons (Fsp3) is 0.500. The second kappa shape index (κ2) is 9.74. The van der Waals surface area contributed by atoms with Gasteiger partial charge in [-0.1, -0.05) is 42.7 Å². The number of carbonyl (C=O) groups excluding carboxylic acids is 1. The SMILES string of the molecule is CCN(CC)CCC[C@H](C)NC(=O)c1c(C)noc1-c1ccccc1Cl. The van der Waals surface area contributed by atoms with Crippen molar-refractivity contribution in [2.24, 2.45) is 0 Å². The van der Waals surface area contributed by atoms with E-state index in [1.165, 1.54) is 0 Å². The smallest absolute Gasteiger partial charge is 0.257 e. The Morgan fingerprint density at radius 3 is 2.65 bits per heavy atom. The topological polar surface area (TPSA) is 58.4 Å². The summed E-state index contributed by atoms with van der Waals surface area (Å²) in [5, 5.41) is 7.56. The third-order valence-corrected chi connectivity index (χ3v) is 4.92. The van der Waals surface area contributed by atoms with Crippen molar-refractivity contribution in [2.75, 3.05) is 19.6 Å². The van der Waals surface area contributed by atoms with Crippen LogP contribution in [0.4, 0.5) is 0 Å². The first-order chi connectivity index (χ1) is 12.5. The largest absolute Gasteiger partial charge is 0.355 e. The van der Waals surface area contributed by atoms with Crippen LogP contribution in [-0.4, -0.2) is 41.6 Å². The quantitative estimate of drug-likeness (QED) is 0.696. The molecule has 26 heavy (non-hydrogen) atoms. The number of rotatable bonds is 9. The van der Waals surface area contributed by atoms with Gasteiger partial charge < -0.3 is 14.7 Å². The van der Waals surface area contributed by atoms with Crippen molar-refractivity contribution in [1.29, 1.82) is 0 Å². The van der Waals surface area contributed by atoms with Crippen molar-refractivity contribution in [2.45, 2.75) is 46.6 Å². The Morgan fingerprint density at radius 1 is 1.31 bits per heavy atom. The minimum Gasteiger partial charge on any atom is -0.355 e. The number of hydrogen-bond donors (Lipinski definition) is 1. The molecule has 1 N–H and O–H groups in total. The molecule has 6 heteroatoms. The molecular weight excluding hydrogens is 350 g/mol. The van der Waals surface area contributed by atoms with E-state index in [0.29, 0.717) is 27.6 Å². The van der Waals surface area contributed by atoms with Crippen LogP contribution in [0.1, 0.15) is 49.7 Å². The maximum absolute atomic E-state index is 12.8. The lowest BCUT2D eigenvalue weighted by atomic mass is 10.1.